The van der Waals surface area contributed by atoms with Crippen LogP contribution in [0.1, 0.15) is 32.6 Å². The van der Waals surface area contributed by atoms with Gasteiger partial charge in [-0.05, 0) is 18.6 Å². The molecular formula is C10H15N. The normalized spacial score (nSPS) is 10.3. The third-order valence-corrected chi connectivity index (χ3v) is 1.78. The molecule has 11 heavy (non-hydrogen) atoms. The van der Waals surface area contributed by atoms with Gasteiger partial charge in [-0.3, -0.25) is 0 Å². The van der Waals surface area contributed by atoms with E-state index in [1.165, 1.54) is 25.7 Å². The highest BCUT2D eigenvalue weighted by molar-refractivity contribution is 4.86. The molecule has 0 aliphatic rings. The van der Waals surface area contributed by atoms with Crippen molar-refractivity contribution in [3.05, 3.63) is 24.5 Å². The third-order valence-electron chi connectivity index (χ3n) is 1.78. The summed E-state index contributed by atoms with van der Waals surface area (Å²) >= 11 is 0. The predicted molar refractivity (Wildman–Crippen MR) is 46.2 cm³/mol. The van der Waals surface area contributed by atoms with Crippen LogP contribution in [0.5, 0.6) is 0 Å². The fourth-order valence-corrected chi connectivity index (χ4v) is 1.12. The largest absolute Gasteiger partial charge is 0.338 e. The summed E-state index contributed by atoms with van der Waals surface area (Å²) in [5, 5.41) is 0. The van der Waals surface area contributed by atoms with E-state index in [2.05, 4.69) is 19.3 Å². The van der Waals surface area contributed by atoms with Crippen LogP contribution in [0.4, 0.5) is 0 Å². The second-order valence-corrected chi connectivity index (χ2v) is 2.80. The molecule has 0 aromatic carbocycles. The first-order chi connectivity index (χ1) is 5.43. The smallest absolute Gasteiger partial charge is 0.0653 e. The molecule has 0 N–H and O–H groups in total. The van der Waals surface area contributed by atoms with E-state index in [0.29, 0.717) is 0 Å². The Kier molecular flexibility index (Phi) is 3.81. The van der Waals surface area contributed by atoms with Crippen molar-refractivity contribution in [3.63, 3.8) is 0 Å². The Morgan fingerprint density at radius 1 is 1.09 bits per heavy atom. The molecule has 0 saturated heterocycles. The number of hydrogen-bond acceptors (Lipinski definition) is 0. The molecule has 2 radical (unpaired) electrons. The van der Waals surface area contributed by atoms with Gasteiger partial charge in [0.25, 0.3) is 0 Å². The van der Waals surface area contributed by atoms with E-state index in [-0.39, 0.29) is 0 Å². The van der Waals surface area contributed by atoms with Gasteiger partial charge >= 0.3 is 0 Å². The summed E-state index contributed by atoms with van der Waals surface area (Å²) in [7, 11) is 0. The Morgan fingerprint density at radius 3 is 2.45 bits per heavy atom. The first-order valence-electron chi connectivity index (χ1n) is 4.38. The number of hydrogen-bond donors (Lipinski definition) is 0. The average molecular weight is 149 g/mol. The molecule has 0 aliphatic heterocycles. The van der Waals surface area contributed by atoms with Crippen LogP contribution in [0.15, 0.2) is 12.1 Å². The lowest BCUT2D eigenvalue weighted by Crippen LogP contribution is -1.94. The van der Waals surface area contributed by atoms with Gasteiger partial charge in [0, 0.05) is 6.54 Å². The van der Waals surface area contributed by atoms with Crippen LogP contribution in [-0.4, -0.2) is 4.57 Å². The minimum atomic E-state index is 1.08. The zero-order chi connectivity index (χ0) is 7.94. The predicted octanol–water partition coefficient (Wildman–Crippen LogP) is 2.67. The van der Waals surface area contributed by atoms with Gasteiger partial charge in [0.1, 0.15) is 0 Å². The number of nitrogens with zero attached hydrogens (tertiary/aromatic N) is 1. The third kappa shape index (κ3) is 3.26. The van der Waals surface area contributed by atoms with Crippen molar-refractivity contribution in [2.24, 2.45) is 0 Å². The molecule has 1 heterocycles. The number of aromatic nitrogens is 1. The van der Waals surface area contributed by atoms with E-state index in [9.17, 15) is 0 Å². The number of unbranched alkanes of at least 4 members (excludes halogenated alkanes) is 3. The monoisotopic (exact) mass is 149 g/mol. The van der Waals surface area contributed by atoms with E-state index in [4.69, 9.17) is 0 Å². The highest BCUT2D eigenvalue weighted by Gasteiger charge is 1.89. The molecule has 0 saturated carbocycles. The van der Waals surface area contributed by atoms with Gasteiger partial charge < -0.3 is 4.57 Å². The van der Waals surface area contributed by atoms with Crippen molar-refractivity contribution in [2.45, 2.75) is 39.2 Å². The van der Waals surface area contributed by atoms with Crippen molar-refractivity contribution in [3.8, 4) is 0 Å². The molecule has 0 fully saturated rings. The maximum Gasteiger partial charge on any atom is 0.0653 e. The number of aryl methyl sites for hydroxylation is 1. The second-order valence-electron chi connectivity index (χ2n) is 2.80. The molecule has 0 bridgehead atoms. The van der Waals surface area contributed by atoms with E-state index in [1.54, 1.807) is 0 Å². The molecule has 1 nitrogen and oxygen atoms in total. The molecule has 0 aliphatic carbocycles. The quantitative estimate of drug-likeness (QED) is 0.567. The van der Waals surface area contributed by atoms with E-state index in [1.807, 2.05) is 16.7 Å². The van der Waals surface area contributed by atoms with Gasteiger partial charge in [-0.1, -0.05) is 26.2 Å². The topological polar surface area (TPSA) is 4.93 Å². The Balaban J connectivity index is 2.04. The highest BCUT2D eigenvalue weighted by atomic mass is 14.9. The molecule has 0 unspecified atom stereocenters. The fourth-order valence-electron chi connectivity index (χ4n) is 1.12. The van der Waals surface area contributed by atoms with Crippen LogP contribution in [0, 0.1) is 12.4 Å². The minimum Gasteiger partial charge on any atom is -0.338 e. The SMILES string of the molecule is CCCCCCn1[c]cc[c]1. The summed E-state index contributed by atoms with van der Waals surface area (Å²) in [4.78, 5) is 0. The lowest BCUT2D eigenvalue weighted by Gasteiger charge is -1.99. The summed E-state index contributed by atoms with van der Waals surface area (Å²) in [6.45, 7) is 3.31. The van der Waals surface area contributed by atoms with Gasteiger partial charge in [0.2, 0.25) is 0 Å². The van der Waals surface area contributed by atoms with E-state index < -0.39 is 0 Å². The van der Waals surface area contributed by atoms with Crippen LogP contribution >= 0.6 is 0 Å². The molecule has 1 rings (SSSR count). The van der Waals surface area contributed by atoms with Crippen LogP contribution in [0.25, 0.3) is 0 Å². The van der Waals surface area contributed by atoms with Crippen molar-refractivity contribution in [1.29, 1.82) is 0 Å². The average Bonchev–Trinajstić information content (AvgIpc) is 2.50. The lowest BCUT2D eigenvalue weighted by atomic mass is 10.2. The lowest BCUT2D eigenvalue weighted by molar-refractivity contribution is 0.580. The van der Waals surface area contributed by atoms with Crippen molar-refractivity contribution < 1.29 is 0 Å². The Labute approximate surface area is 69.0 Å². The van der Waals surface area contributed by atoms with Crippen LogP contribution in [0.2, 0.25) is 0 Å². The Bertz CT molecular complexity index is 165. The van der Waals surface area contributed by atoms with E-state index >= 15 is 0 Å². The highest BCUT2D eigenvalue weighted by Crippen LogP contribution is 2.01. The van der Waals surface area contributed by atoms with E-state index in [0.717, 1.165) is 6.54 Å². The molecule has 0 amide bonds. The summed E-state index contributed by atoms with van der Waals surface area (Å²) in [5.41, 5.74) is 0. The molecule has 0 spiro atoms. The number of rotatable bonds is 5. The van der Waals surface area contributed by atoms with Crippen LogP contribution < -0.4 is 0 Å². The van der Waals surface area contributed by atoms with Gasteiger partial charge in [0.15, 0.2) is 0 Å². The Hall–Kier alpha value is -0.720. The van der Waals surface area contributed by atoms with Crippen molar-refractivity contribution >= 4 is 0 Å². The molecule has 1 aromatic rings. The van der Waals surface area contributed by atoms with Crippen LogP contribution in [0.3, 0.4) is 0 Å². The fraction of sp³-hybridized carbons (Fsp3) is 0.600. The first kappa shape index (κ1) is 8.38. The maximum atomic E-state index is 3.08. The van der Waals surface area contributed by atoms with Gasteiger partial charge in [0.05, 0.1) is 12.4 Å². The summed E-state index contributed by atoms with van der Waals surface area (Å²) in [5.74, 6) is 0. The Morgan fingerprint density at radius 2 is 1.82 bits per heavy atom. The van der Waals surface area contributed by atoms with Gasteiger partial charge in [-0.25, -0.2) is 0 Å². The second kappa shape index (κ2) is 5.00. The van der Waals surface area contributed by atoms with Gasteiger partial charge in [-0.2, -0.15) is 0 Å². The summed E-state index contributed by atoms with van der Waals surface area (Å²) < 4.78 is 2.00. The van der Waals surface area contributed by atoms with Crippen LogP contribution in [-0.2, 0) is 6.54 Å². The molecular weight excluding hydrogens is 134 g/mol. The summed E-state index contributed by atoms with van der Waals surface area (Å²) in [6.07, 6.45) is 11.4. The summed E-state index contributed by atoms with van der Waals surface area (Å²) in [6, 6.07) is 3.81. The first-order valence-corrected chi connectivity index (χ1v) is 4.38. The zero-order valence-corrected chi connectivity index (χ0v) is 7.14. The standard InChI is InChI=1S/C10H15N/c1-2-3-4-5-8-11-9-6-7-10-11/h6-7H,2-5,8H2,1H3. The molecule has 1 heteroatoms. The minimum absolute atomic E-state index is 1.08. The van der Waals surface area contributed by atoms with Gasteiger partial charge in [-0.15, -0.1) is 0 Å². The maximum absolute atomic E-state index is 3.08. The molecule has 1 aromatic heterocycles. The molecule has 0 atom stereocenters. The van der Waals surface area contributed by atoms with Crippen molar-refractivity contribution in [2.75, 3.05) is 0 Å². The zero-order valence-electron chi connectivity index (χ0n) is 7.14. The molecule has 60 valence electrons. The van der Waals surface area contributed by atoms with Crippen molar-refractivity contribution in [1.82, 2.24) is 4.57 Å².